The number of aryl methyl sites for hydroxylation is 1. The summed E-state index contributed by atoms with van der Waals surface area (Å²) in [7, 11) is 0. The number of nitrogens with zero attached hydrogens (tertiary/aromatic N) is 4. The van der Waals surface area contributed by atoms with E-state index < -0.39 is 0 Å². The summed E-state index contributed by atoms with van der Waals surface area (Å²) >= 11 is 0. The molecule has 184 valence electrons. The third-order valence-corrected chi connectivity index (χ3v) is 6.69. The predicted molar refractivity (Wildman–Crippen MR) is 133 cm³/mol. The van der Waals surface area contributed by atoms with Crippen LogP contribution in [0.1, 0.15) is 30.5 Å². The first-order chi connectivity index (χ1) is 17.7. The molecule has 5 rings (SSSR count). The zero-order chi connectivity index (χ0) is 24.7. The van der Waals surface area contributed by atoms with Crippen molar-refractivity contribution < 1.29 is 19.0 Å². The number of rotatable bonds is 7. The fourth-order valence-corrected chi connectivity index (χ4v) is 4.64. The summed E-state index contributed by atoms with van der Waals surface area (Å²) in [5.74, 6) is 2.76. The predicted octanol–water partition coefficient (Wildman–Crippen LogP) is 4.04. The summed E-state index contributed by atoms with van der Waals surface area (Å²) in [6.07, 6.45) is 7.32. The average molecular weight is 485 g/mol. The van der Waals surface area contributed by atoms with E-state index in [4.69, 9.17) is 19.5 Å². The molecule has 3 aromatic rings. The summed E-state index contributed by atoms with van der Waals surface area (Å²) < 4.78 is 17.2. The number of aromatic nitrogens is 2. The number of fused-ring (bicyclic) bond motifs is 1. The second-order valence-corrected chi connectivity index (χ2v) is 9.02. The highest BCUT2D eigenvalue weighted by atomic mass is 16.6. The van der Waals surface area contributed by atoms with Crippen LogP contribution in [-0.2, 0) is 11.2 Å². The van der Waals surface area contributed by atoms with Crippen LogP contribution in [0.4, 0.5) is 0 Å². The van der Waals surface area contributed by atoms with Crippen molar-refractivity contribution in [3.8, 4) is 34.6 Å². The minimum Gasteiger partial charge on any atom is -0.486 e. The molecule has 1 amide bonds. The SMILES string of the molecule is N#Cc1ccc(-c2ncccc2OCC(=O)N2CCC(CCc3ccc4c(c3)OCCO4)CC2)cn1. The molecule has 8 nitrogen and oxygen atoms in total. The van der Waals surface area contributed by atoms with Crippen LogP contribution >= 0.6 is 0 Å². The van der Waals surface area contributed by atoms with Crippen LogP contribution in [0, 0.1) is 17.2 Å². The van der Waals surface area contributed by atoms with Gasteiger partial charge in [-0.2, -0.15) is 5.26 Å². The summed E-state index contributed by atoms with van der Waals surface area (Å²) in [6.45, 7) is 2.65. The third kappa shape index (κ3) is 5.57. The van der Waals surface area contributed by atoms with Gasteiger partial charge in [-0.25, -0.2) is 4.98 Å². The maximum Gasteiger partial charge on any atom is 0.260 e. The number of ether oxygens (including phenoxy) is 3. The number of benzene rings is 1. The van der Waals surface area contributed by atoms with Crippen molar-refractivity contribution in [1.82, 2.24) is 14.9 Å². The highest BCUT2D eigenvalue weighted by Gasteiger charge is 2.23. The van der Waals surface area contributed by atoms with Gasteiger partial charge in [0.2, 0.25) is 0 Å². The molecule has 2 aliphatic rings. The Kier molecular flexibility index (Phi) is 7.27. The second-order valence-electron chi connectivity index (χ2n) is 9.02. The van der Waals surface area contributed by atoms with Crippen molar-refractivity contribution in [1.29, 1.82) is 5.26 Å². The van der Waals surface area contributed by atoms with Gasteiger partial charge in [0.15, 0.2) is 18.1 Å². The van der Waals surface area contributed by atoms with Gasteiger partial charge in [-0.3, -0.25) is 9.78 Å². The van der Waals surface area contributed by atoms with Gasteiger partial charge >= 0.3 is 0 Å². The Bertz CT molecular complexity index is 1250. The van der Waals surface area contributed by atoms with E-state index in [-0.39, 0.29) is 12.5 Å². The monoisotopic (exact) mass is 484 g/mol. The lowest BCUT2D eigenvalue weighted by molar-refractivity contribution is -0.134. The van der Waals surface area contributed by atoms with E-state index in [1.807, 2.05) is 17.0 Å². The molecule has 1 fully saturated rings. The molecule has 2 aliphatic heterocycles. The highest BCUT2D eigenvalue weighted by Crippen LogP contribution is 2.32. The first-order valence-corrected chi connectivity index (χ1v) is 12.3. The molecule has 0 unspecified atom stereocenters. The van der Waals surface area contributed by atoms with Crippen LogP contribution in [0.15, 0.2) is 54.9 Å². The fraction of sp³-hybridized carbons (Fsp3) is 0.357. The van der Waals surface area contributed by atoms with Crippen LogP contribution in [0.5, 0.6) is 17.2 Å². The van der Waals surface area contributed by atoms with E-state index in [9.17, 15) is 4.79 Å². The number of hydrogen-bond donors (Lipinski definition) is 0. The number of piperidine rings is 1. The number of carbonyl (C=O) groups is 1. The van der Waals surface area contributed by atoms with E-state index in [1.54, 1.807) is 36.7 Å². The molecule has 0 radical (unpaired) electrons. The molecule has 0 atom stereocenters. The van der Waals surface area contributed by atoms with Gasteiger partial charge in [0, 0.05) is 31.0 Å². The molecule has 2 aromatic heterocycles. The number of nitriles is 1. The van der Waals surface area contributed by atoms with E-state index in [0.717, 1.165) is 55.8 Å². The normalized spacial score (nSPS) is 15.2. The van der Waals surface area contributed by atoms with Crippen molar-refractivity contribution in [2.45, 2.75) is 25.7 Å². The van der Waals surface area contributed by atoms with Crippen molar-refractivity contribution >= 4 is 5.91 Å². The topological polar surface area (TPSA) is 97.6 Å². The summed E-state index contributed by atoms with van der Waals surface area (Å²) in [6, 6.07) is 15.2. The second kappa shape index (κ2) is 11.1. The Morgan fingerprint density at radius 3 is 2.69 bits per heavy atom. The first-order valence-electron chi connectivity index (χ1n) is 12.3. The van der Waals surface area contributed by atoms with Crippen LogP contribution in [-0.4, -0.2) is 53.7 Å². The number of hydrogen-bond acceptors (Lipinski definition) is 7. The van der Waals surface area contributed by atoms with Crippen LogP contribution in [0.2, 0.25) is 0 Å². The van der Waals surface area contributed by atoms with Gasteiger partial charge in [0.05, 0.1) is 0 Å². The minimum atomic E-state index is -0.0374. The highest BCUT2D eigenvalue weighted by molar-refractivity contribution is 5.78. The quantitative estimate of drug-likeness (QED) is 0.499. The number of pyridine rings is 2. The molecular formula is C28H28N4O4. The lowest BCUT2D eigenvalue weighted by atomic mass is 9.90. The van der Waals surface area contributed by atoms with Crippen LogP contribution < -0.4 is 14.2 Å². The molecule has 0 saturated carbocycles. The van der Waals surface area contributed by atoms with Gasteiger partial charge in [0.25, 0.3) is 5.91 Å². The Morgan fingerprint density at radius 1 is 1.08 bits per heavy atom. The Balaban J connectivity index is 1.10. The van der Waals surface area contributed by atoms with Gasteiger partial charge in [-0.15, -0.1) is 0 Å². The van der Waals surface area contributed by atoms with E-state index >= 15 is 0 Å². The van der Waals surface area contributed by atoms with Gasteiger partial charge < -0.3 is 19.1 Å². The molecule has 0 N–H and O–H groups in total. The van der Waals surface area contributed by atoms with Gasteiger partial charge in [-0.05, 0) is 73.6 Å². The largest absolute Gasteiger partial charge is 0.486 e. The molecule has 1 saturated heterocycles. The van der Waals surface area contributed by atoms with Crippen molar-refractivity contribution in [2.75, 3.05) is 32.9 Å². The Morgan fingerprint density at radius 2 is 1.92 bits per heavy atom. The maximum atomic E-state index is 12.8. The lowest BCUT2D eigenvalue weighted by Gasteiger charge is -2.32. The van der Waals surface area contributed by atoms with E-state index in [2.05, 4.69) is 22.1 Å². The average Bonchev–Trinajstić information content (AvgIpc) is 2.95. The van der Waals surface area contributed by atoms with Gasteiger partial charge in [0.1, 0.15) is 36.4 Å². The lowest BCUT2D eigenvalue weighted by Crippen LogP contribution is -2.41. The summed E-state index contributed by atoms with van der Waals surface area (Å²) in [4.78, 5) is 23.2. The van der Waals surface area contributed by atoms with Crippen molar-refractivity contribution in [3.63, 3.8) is 0 Å². The molecule has 0 aliphatic carbocycles. The summed E-state index contributed by atoms with van der Waals surface area (Å²) in [5, 5.41) is 8.96. The molecule has 1 aromatic carbocycles. The molecule has 8 heteroatoms. The van der Waals surface area contributed by atoms with Gasteiger partial charge in [-0.1, -0.05) is 6.07 Å². The first kappa shape index (κ1) is 23.6. The third-order valence-electron chi connectivity index (χ3n) is 6.69. The maximum absolute atomic E-state index is 12.8. The molecular weight excluding hydrogens is 456 g/mol. The van der Waals surface area contributed by atoms with Crippen molar-refractivity contribution in [3.05, 3.63) is 66.1 Å². The van der Waals surface area contributed by atoms with Crippen LogP contribution in [0.25, 0.3) is 11.3 Å². The number of likely N-dealkylation sites (tertiary alicyclic amines) is 1. The molecule has 36 heavy (non-hydrogen) atoms. The van der Waals surface area contributed by atoms with Crippen molar-refractivity contribution in [2.24, 2.45) is 5.92 Å². The standard InChI is InChI=1S/C28H28N4O4/c29-17-23-7-6-22(18-31-23)28-25(2-1-11-30-28)36-19-27(33)32-12-9-20(10-13-32)3-4-21-5-8-24-26(16-21)35-15-14-34-24/h1-2,5-8,11,16,18,20H,3-4,9-10,12-15,19H2. The smallest absolute Gasteiger partial charge is 0.260 e. The molecule has 0 spiro atoms. The number of carbonyl (C=O) groups excluding carboxylic acids is 1. The Hall–Kier alpha value is -4.12. The fourth-order valence-electron chi connectivity index (χ4n) is 4.64. The zero-order valence-electron chi connectivity index (χ0n) is 20.1. The Labute approximate surface area is 210 Å². The van der Waals surface area contributed by atoms with E-state index in [0.29, 0.717) is 36.3 Å². The summed E-state index contributed by atoms with van der Waals surface area (Å²) in [5.41, 5.74) is 2.92. The minimum absolute atomic E-state index is 0.0203. The number of amides is 1. The van der Waals surface area contributed by atoms with Crippen LogP contribution in [0.3, 0.4) is 0 Å². The molecule has 0 bridgehead atoms. The zero-order valence-corrected chi connectivity index (χ0v) is 20.1. The molecule has 4 heterocycles. The van der Waals surface area contributed by atoms with E-state index in [1.165, 1.54) is 5.56 Å².